The van der Waals surface area contributed by atoms with E-state index in [0.29, 0.717) is 24.0 Å². The Morgan fingerprint density at radius 3 is 2.66 bits per heavy atom. The molecule has 2 amide bonds. The van der Waals surface area contributed by atoms with Gasteiger partial charge < -0.3 is 20.3 Å². The first-order chi connectivity index (χ1) is 14.0. The molecule has 0 radical (unpaired) electrons. The first-order valence-electron chi connectivity index (χ1n) is 9.75. The number of nitrogens with zero attached hydrogens (tertiary/aromatic N) is 2. The van der Waals surface area contributed by atoms with Crippen LogP contribution in [0.4, 0.5) is 11.4 Å². The van der Waals surface area contributed by atoms with E-state index in [1.54, 1.807) is 38.4 Å². The third-order valence-electron chi connectivity index (χ3n) is 4.94. The van der Waals surface area contributed by atoms with Gasteiger partial charge in [0.25, 0.3) is 0 Å². The molecule has 1 heterocycles. The van der Waals surface area contributed by atoms with Gasteiger partial charge in [0.05, 0.1) is 20.2 Å². The number of nitrogens with one attached hydrogen (secondary N) is 2. The lowest BCUT2D eigenvalue weighted by Gasteiger charge is -2.21. The van der Waals surface area contributed by atoms with Crippen molar-refractivity contribution < 1.29 is 14.3 Å². The first-order valence-corrected chi connectivity index (χ1v) is 9.75. The number of hydrogen-bond donors (Lipinski definition) is 2. The standard InChI is InChI=1S/C22H28N4O3/c1-25(15-21(27)24-18-9-6-10-20(13-18)29-2)22(28)16-26-12-11-19(14-26)23-17-7-4-3-5-8-17/h3-10,13,19,23H,11-12,14-16H2,1-2H3,(H,24,27). The van der Waals surface area contributed by atoms with Gasteiger partial charge in [0.1, 0.15) is 5.75 Å². The van der Waals surface area contributed by atoms with E-state index in [9.17, 15) is 9.59 Å². The van der Waals surface area contributed by atoms with Crippen LogP contribution in [0, 0.1) is 0 Å². The number of ether oxygens (including phenoxy) is 1. The molecule has 7 nitrogen and oxygen atoms in total. The molecule has 2 aromatic rings. The van der Waals surface area contributed by atoms with Crippen molar-refractivity contribution in [3.63, 3.8) is 0 Å². The monoisotopic (exact) mass is 396 g/mol. The third-order valence-corrected chi connectivity index (χ3v) is 4.94. The smallest absolute Gasteiger partial charge is 0.243 e. The van der Waals surface area contributed by atoms with Gasteiger partial charge in [-0.3, -0.25) is 14.5 Å². The summed E-state index contributed by atoms with van der Waals surface area (Å²) in [5.74, 6) is 0.366. The topological polar surface area (TPSA) is 73.9 Å². The minimum absolute atomic E-state index is 0.00950. The highest BCUT2D eigenvalue weighted by Gasteiger charge is 2.25. The van der Waals surface area contributed by atoms with Crippen LogP contribution < -0.4 is 15.4 Å². The molecule has 1 saturated heterocycles. The number of likely N-dealkylation sites (tertiary alicyclic amines) is 1. The molecule has 7 heteroatoms. The number of carbonyl (C=O) groups is 2. The summed E-state index contributed by atoms with van der Waals surface area (Å²) < 4.78 is 5.15. The van der Waals surface area contributed by atoms with Crippen LogP contribution in [0.15, 0.2) is 54.6 Å². The van der Waals surface area contributed by atoms with Crippen LogP contribution in [0.25, 0.3) is 0 Å². The Kier molecular flexibility index (Phi) is 7.08. The van der Waals surface area contributed by atoms with Gasteiger partial charge in [0, 0.05) is 43.6 Å². The number of methoxy groups -OCH3 is 1. The van der Waals surface area contributed by atoms with Crippen LogP contribution in [0.3, 0.4) is 0 Å². The number of para-hydroxylation sites is 1. The molecule has 154 valence electrons. The minimum atomic E-state index is -0.237. The summed E-state index contributed by atoms with van der Waals surface area (Å²) in [6.07, 6.45) is 0.988. The summed E-state index contributed by atoms with van der Waals surface area (Å²) in [5, 5.41) is 6.30. The minimum Gasteiger partial charge on any atom is -0.497 e. The average Bonchev–Trinajstić information content (AvgIpc) is 3.15. The lowest BCUT2D eigenvalue weighted by atomic mass is 10.2. The van der Waals surface area contributed by atoms with Gasteiger partial charge in [0.2, 0.25) is 11.8 Å². The predicted molar refractivity (Wildman–Crippen MR) is 114 cm³/mol. The van der Waals surface area contributed by atoms with Gasteiger partial charge in [-0.15, -0.1) is 0 Å². The zero-order valence-electron chi connectivity index (χ0n) is 16.9. The first kappa shape index (κ1) is 20.7. The largest absolute Gasteiger partial charge is 0.497 e. The van der Waals surface area contributed by atoms with Crippen molar-refractivity contribution in [2.45, 2.75) is 12.5 Å². The van der Waals surface area contributed by atoms with Gasteiger partial charge in [-0.2, -0.15) is 0 Å². The Labute approximate surface area is 171 Å². The van der Waals surface area contributed by atoms with Crippen molar-refractivity contribution in [3.05, 3.63) is 54.6 Å². The zero-order valence-corrected chi connectivity index (χ0v) is 16.9. The van der Waals surface area contributed by atoms with Gasteiger partial charge in [-0.25, -0.2) is 0 Å². The Morgan fingerprint density at radius 2 is 1.90 bits per heavy atom. The molecule has 29 heavy (non-hydrogen) atoms. The molecule has 0 aliphatic carbocycles. The van der Waals surface area contributed by atoms with Crippen molar-refractivity contribution in [2.75, 3.05) is 51.0 Å². The second-order valence-electron chi connectivity index (χ2n) is 7.26. The highest BCUT2D eigenvalue weighted by molar-refractivity contribution is 5.94. The zero-order chi connectivity index (χ0) is 20.6. The number of carbonyl (C=O) groups excluding carboxylic acids is 2. The highest BCUT2D eigenvalue weighted by Crippen LogP contribution is 2.17. The van der Waals surface area contributed by atoms with Crippen LogP contribution in [-0.2, 0) is 9.59 Å². The van der Waals surface area contributed by atoms with E-state index in [1.807, 2.05) is 30.3 Å². The fourth-order valence-corrected chi connectivity index (χ4v) is 3.38. The maximum atomic E-state index is 12.5. The number of benzene rings is 2. The Bertz CT molecular complexity index is 828. The molecule has 1 aliphatic heterocycles. The molecule has 0 saturated carbocycles. The van der Waals surface area contributed by atoms with E-state index >= 15 is 0 Å². The van der Waals surface area contributed by atoms with Crippen LogP contribution in [0.2, 0.25) is 0 Å². The molecule has 1 unspecified atom stereocenters. The van der Waals surface area contributed by atoms with Crippen molar-refractivity contribution in [2.24, 2.45) is 0 Å². The number of hydrogen-bond acceptors (Lipinski definition) is 5. The molecule has 0 bridgehead atoms. The van der Waals surface area contributed by atoms with Gasteiger partial charge in [0.15, 0.2) is 0 Å². The van der Waals surface area contributed by atoms with Crippen LogP contribution in [-0.4, -0.2) is 68.0 Å². The predicted octanol–water partition coefficient (Wildman–Crippen LogP) is 2.28. The molecule has 2 N–H and O–H groups in total. The molecule has 1 fully saturated rings. The Hall–Kier alpha value is -3.06. The molecular weight excluding hydrogens is 368 g/mol. The van der Waals surface area contributed by atoms with Crippen LogP contribution >= 0.6 is 0 Å². The van der Waals surface area contributed by atoms with Crippen molar-refractivity contribution >= 4 is 23.2 Å². The second kappa shape index (κ2) is 9.93. The second-order valence-corrected chi connectivity index (χ2v) is 7.26. The lowest BCUT2D eigenvalue weighted by molar-refractivity contribution is -0.134. The SMILES string of the molecule is COc1cccc(NC(=O)CN(C)C(=O)CN2CCC(Nc3ccccc3)C2)c1. The van der Waals surface area contributed by atoms with E-state index < -0.39 is 0 Å². The third kappa shape index (κ3) is 6.22. The number of anilines is 2. The Morgan fingerprint density at radius 1 is 1.14 bits per heavy atom. The van der Waals surface area contributed by atoms with Crippen LogP contribution in [0.1, 0.15) is 6.42 Å². The highest BCUT2D eigenvalue weighted by atomic mass is 16.5. The lowest BCUT2D eigenvalue weighted by Crippen LogP contribution is -2.41. The van der Waals surface area contributed by atoms with Crippen molar-refractivity contribution in [1.29, 1.82) is 0 Å². The summed E-state index contributed by atoms with van der Waals surface area (Å²) in [6.45, 7) is 2.00. The molecule has 1 aliphatic rings. The van der Waals surface area contributed by atoms with E-state index in [1.165, 1.54) is 4.90 Å². The maximum Gasteiger partial charge on any atom is 0.243 e. The summed E-state index contributed by atoms with van der Waals surface area (Å²) in [6, 6.07) is 17.5. The van der Waals surface area contributed by atoms with Gasteiger partial charge in [-0.1, -0.05) is 24.3 Å². The molecule has 0 spiro atoms. The van der Waals surface area contributed by atoms with E-state index in [-0.39, 0.29) is 18.4 Å². The van der Waals surface area contributed by atoms with Crippen molar-refractivity contribution in [1.82, 2.24) is 9.80 Å². The van der Waals surface area contributed by atoms with Gasteiger partial charge >= 0.3 is 0 Å². The molecule has 1 atom stereocenters. The maximum absolute atomic E-state index is 12.5. The summed E-state index contributed by atoms with van der Waals surface area (Å²) in [7, 11) is 3.23. The number of amides is 2. The Balaban J connectivity index is 1.42. The average molecular weight is 396 g/mol. The fraction of sp³-hybridized carbons (Fsp3) is 0.364. The van der Waals surface area contributed by atoms with E-state index in [4.69, 9.17) is 4.74 Å². The number of likely N-dealkylation sites (N-methyl/N-ethyl adjacent to an activating group) is 1. The van der Waals surface area contributed by atoms with Crippen LogP contribution in [0.5, 0.6) is 5.75 Å². The van der Waals surface area contributed by atoms with E-state index in [0.717, 1.165) is 25.2 Å². The summed E-state index contributed by atoms with van der Waals surface area (Å²) in [5.41, 5.74) is 1.74. The summed E-state index contributed by atoms with van der Waals surface area (Å²) in [4.78, 5) is 28.4. The molecular formula is C22H28N4O3. The van der Waals surface area contributed by atoms with Gasteiger partial charge in [-0.05, 0) is 30.7 Å². The quantitative estimate of drug-likeness (QED) is 0.716. The fourth-order valence-electron chi connectivity index (χ4n) is 3.38. The molecule has 2 aromatic carbocycles. The van der Waals surface area contributed by atoms with E-state index in [2.05, 4.69) is 15.5 Å². The number of rotatable bonds is 8. The normalized spacial score (nSPS) is 16.3. The molecule has 0 aromatic heterocycles. The van der Waals surface area contributed by atoms with Crippen molar-refractivity contribution in [3.8, 4) is 5.75 Å². The summed E-state index contributed by atoms with van der Waals surface area (Å²) >= 11 is 0. The molecule has 3 rings (SSSR count).